The van der Waals surface area contributed by atoms with Gasteiger partial charge in [-0.25, -0.2) is 0 Å². The van der Waals surface area contributed by atoms with Crippen LogP contribution in [-0.2, 0) is 5.41 Å². The molecule has 0 fully saturated rings. The van der Waals surface area contributed by atoms with Gasteiger partial charge in [-0.05, 0) is 36.0 Å². The van der Waals surface area contributed by atoms with Crippen LogP contribution in [0.4, 0.5) is 0 Å². The maximum absolute atomic E-state index is 10.8. The molecule has 0 radical (unpaired) electrons. The molecule has 0 amide bonds. The number of phenols is 1. The molecule has 2 rings (SSSR count). The van der Waals surface area contributed by atoms with E-state index in [2.05, 4.69) is 44.0 Å². The van der Waals surface area contributed by atoms with E-state index in [0.29, 0.717) is 5.75 Å². The van der Waals surface area contributed by atoms with Crippen LogP contribution in [0.5, 0.6) is 5.75 Å². The summed E-state index contributed by atoms with van der Waals surface area (Å²) in [5, 5.41) is 10.8. The van der Waals surface area contributed by atoms with Crippen molar-refractivity contribution in [1.82, 2.24) is 0 Å². The van der Waals surface area contributed by atoms with Gasteiger partial charge in [-0.15, -0.1) is 0 Å². The lowest BCUT2D eigenvalue weighted by molar-refractivity contribution is 0.446. The number of aliphatic imine (C=N–C) groups is 1. The minimum absolute atomic E-state index is 0.111. The van der Waals surface area contributed by atoms with Crippen LogP contribution >= 0.6 is 0 Å². The molecule has 0 bridgehead atoms. The van der Waals surface area contributed by atoms with E-state index in [1.54, 1.807) is 6.21 Å². The first-order chi connectivity index (χ1) is 10.3. The summed E-state index contributed by atoms with van der Waals surface area (Å²) in [6.07, 6.45) is 1.80. The van der Waals surface area contributed by atoms with Gasteiger partial charge in [0.2, 0.25) is 0 Å². The predicted molar refractivity (Wildman–Crippen MR) is 95.0 cm³/mol. The standard InChI is InChI=1S/C20H25NO/c1-14(2)21-13-17-16(15-9-7-6-8-10-15)11-12-18(19(17)22)20(3,4)5/h6-14,22H,1-5H3. The van der Waals surface area contributed by atoms with Gasteiger partial charge in [0.25, 0.3) is 0 Å². The molecule has 22 heavy (non-hydrogen) atoms. The zero-order valence-electron chi connectivity index (χ0n) is 14.1. The normalized spacial score (nSPS) is 12.3. The Labute approximate surface area is 133 Å². The van der Waals surface area contributed by atoms with Crippen LogP contribution in [-0.4, -0.2) is 17.4 Å². The predicted octanol–water partition coefficient (Wildman–Crippen LogP) is 5.18. The monoisotopic (exact) mass is 295 g/mol. The topological polar surface area (TPSA) is 32.6 Å². The van der Waals surface area contributed by atoms with Crippen molar-refractivity contribution in [3.8, 4) is 16.9 Å². The SMILES string of the molecule is CC(C)N=Cc1c(-c2ccccc2)ccc(C(C)(C)C)c1O. The summed E-state index contributed by atoms with van der Waals surface area (Å²) >= 11 is 0. The molecule has 2 heteroatoms. The van der Waals surface area contributed by atoms with Gasteiger partial charge in [0.15, 0.2) is 0 Å². The molecule has 0 heterocycles. The average Bonchev–Trinajstić information content (AvgIpc) is 2.45. The number of rotatable bonds is 3. The Balaban J connectivity index is 2.67. The Morgan fingerprint density at radius 1 is 1.00 bits per heavy atom. The molecule has 0 aromatic heterocycles. The van der Waals surface area contributed by atoms with E-state index < -0.39 is 0 Å². The quantitative estimate of drug-likeness (QED) is 0.777. The lowest BCUT2D eigenvalue weighted by Crippen LogP contribution is -2.12. The van der Waals surface area contributed by atoms with E-state index in [9.17, 15) is 5.11 Å². The van der Waals surface area contributed by atoms with Crippen molar-refractivity contribution in [3.63, 3.8) is 0 Å². The smallest absolute Gasteiger partial charge is 0.128 e. The van der Waals surface area contributed by atoms with Crippen molar-refractivity contribution in [2.75, 3.05) is 0 Å². The van der Waals surface area contributed by atoms with Crippen LogP contribution in [0.25, 0.3) is 11.1 Å². The molecule has 2 nitrogen and oxygen atoms in total. The van der Waals surface area contributed by atoms with E-state index in [0.717, 1.165) is 22.3 Å². The third-order valence-corrected chi connectivity index (χ3v) is 3.61. The Morgan fingerprint density at radius 2 is 1.64 bits per heavy atom. The first-order valence-corrected chi connectivity index (χ1v) is 7.75. The van der Waals surface area contributed by atoms with Crippen molar-refractivity contribution in [2.45, 2.75) is 46.1 Å². The highest BCUT2D eigenvalue weighted by molar-refractivity contribution is 5.94. The molecule has 1 N–H and O–H groups in total. The molecule has 2 aromatic carbocycles. The van der Waals surface area contributed by atoms with Gasteiger partial charge in [-0.2, -0.15) is 0 Å². The van der Waals surface area contributed by atoms with Crippen molar-refractivity contribution in [1.29, 1.82) is 0 Å². The summed E-state index contributed by atoms with van der Waals surface area (Å²) in [6.45, 7) is 10.4. The number of aromatic hydroxyl groups is 1. The Hall–Kier alpha value is -2.09. The molecule has 0 saturated carbocycles. The van der Waals surface area contributed by atoms with E-state index in [1.807, 2.05) is 38.1 Å². The number of hydrogen-bond donors (Lipinski definition) is 1. The van der Waals surface area contributed by atoms with E-state index >= 15 is 0 Å². The summed E-state index contributed by atoms with van der Waals surface area (Å²) in [5.41, 5.74) is 3.73. The third-order valence-electron chi connectivity index (χ3n) is 3.61. The van der Waals surface area contributed by atoms with Crippen LogP contribution in [0.1, 0.15) is 45.7 Å². The number of phenolic OH excluding ortho intramolecular Hbond substituents is 1. The Morgan fingerprint density at radius 3 is 2.18 bits per heavy atom. The van der Waals surface area contributed by atoms with Gasteiger partial charge >= 0.3 is 0 Å². The van der Waals surface area contributed by atoms with Gasteiger partial charge in [-0.1, -0.05) is 63.2 Å². The van der Waals surface area contributed by atoms with Crippen LogP contribution in [0, 0.1) is 0 Å². The number of nitrogens with zero attached hydrogens (tertiary/aromatic N) is 1. The van der Waals surface area contributed by atoms with Gasteiger partial charge in [-0.3, -0.25) is 4.99 Å². The first kappa shape index (κ1) is 16.3. The Bertz CT molecular complexity index is 664. The van der Waals surface area contributed by atoms with E-state index in [-0.39, 0.29) is 11.5 Å². The highest BCUT2D eigenvalue weighted by Gasteiger charge is 2.21. The minimum atomic E-state index is -0.111. The van der Waals surface area contributed by atoms with Crippen molar-refractivity contribution < 1.29 is 5.11 Å². The highest BCUT2D eigenvalue weighted by atomic mass is 16.3. The average molecular weight is 295 g/mol. The molecule has 0 spiro atoms. The molecular formula is C20H25NO. The van der Waals surface area contributed by atoms with Crippen LogP contribution in [0.2, 0.25) is 0 Å². The fourth-order valence-corrected chi connectivity index (χ4v) is 2.44. The molecular weight excluding hydrogens is 270 g/mol. The lowest BCUT2D eigenvalue weighted by Gasteiger charge is -2.23. The second kappa shape index (κ2) is 6.35. The molecule has 0 aliphatic carbocycles. The maximum Gasteiger partial charge on any atom is 0.128 e. The summed E-state index contributed by atoms with van der Waals surface area (Å²) < 4.78 is 0. The summed E-state index contributed by atoms with van der Waals surface area (Å²) in [6, 6.07) is 14.4. The fraction of sp³-hybridized carbons (Fsp3) is 0.350. The molecule has 116 valence electrons. The Kier molecular flexibility index (Phi) is 4.70. The van der Waals surface area contributed by atoms with Crippen LogP contribution < -0.4 is 0 Å². The summed E-state index contributed by atoms with van der Waals surface area (Å²) in [5.74, 6) is 0.332. The van der Waals surface area contributed by atoms with Gasteiger partial charge in [0.05, 0.1) is 0 Å². The van der Waals surface area contributed by atoms with E-state index in [1.165, 1.54) is 0 Å². The summed E-state index contributed by atoms with van der Waals surface area (Å²) in [4.78, 5) is 4.48. The second-order valence-corrected chi connectivity index (χ2v) is 6.91. The second-order valence-electron chi connectivity index (χ2n) is 6.91. The molecule has 0 atom stereocenters. The zero-order valence-corrected chi connectivity index (χ0v) is 14.1. The first-order valence-electron chi connectivity index (χ1n) is 7.75. The van der Waals surface area contributed by atoms with Crippen molar-refractivity contribution >= 4 is 6.21 Å². The molecule has 0 aliphatic heterocycles. The van der Waals surface area contributed by atoms with Crippen LogP contribution in [0.3, 0.4) is 0 Å². The largest absolute Gasteiger partial charge is 0.507 e. The van der Waals surface area contributed by atoms with Gasteiger partial charge in [0, 0.05) is 17.8 Å². The molecule has 0 aliphatic rings. The number of hydrogen-bond acceptors (Lipinski definition) is 2. The van der Waals surface area contributed by atoms with Crippen LogP contribution in [0.15, 0.2) is 47.5 Å². The molecule has 2 aromatic rings. The van der Waals surface area contributed by atoms with E-state index in [4.69, 9.17) is 0 Å². The van der Waals surface area contributed by atoms with Gasteiger partial charge in [0.1, 0.15) is 5.75 Å². The minimum Gasteiger partial charge on any atom is -0.507 e. The zero-order chi connectivity index (χ0) is 16.3. The molecule has 0 saturated heterocycles. The van der Waals surface area contributed by atoms with Crippen molar-refractivity contribution in [2.24, 2.45) is 4.99 Å². The van der Waals surface area contributed by atoms with Crippen molar-refractivity contribution in [3.05, 3.63) is 53.6 Å². The maximum atomic E-state index is 10.8. The van der Waals surface area contributed by atoms with Gasteiger partial charge < -0.3 is 5.11 Å². The lowest BCUT2D eigenvalue weighted by atomic mass is 9.83. The number of benzene rings is 2. The molecule has 0 unspecified atom stereocenters. The fourth-order valence-electron chi connectivity index (χ4n) is 2.44. The third kappa shape index (κ3) is 3.56. The summed E-state index contributed by atoms with van der Waals surface area (Å²) in [7, 11) is 0. The highest BCUT2D eigenvalue weighted by Crippen LogP contribution is 2.37.